The van der Waals surface area contributed by atoms with E-state index in [1.165, 1.54) is 96.8 Å². The van der Waals surface area contributed by atoms with Crippen LogP contribution in [-0.4, -0.2) is 58.9 Å². The molecule has 2 heterocycles. The molecule has 2 saturated carbocycles. The number of thioether (sulfide) groups is 1. The summed E-state index contributed by atoms with van der Waals surface area (Å²) in [5.41, 5.74) is 1.39. The smallest absolute Gasteiger partial charge is 0.0499 e. The zero-order valence-electron chi connectivity index (χ0n) is 18.7. The number of hydrogen-bond acceptors (Lipinski definition) is 4. The summed E-state index contributed by atoms with van der Waals surface area (Å²) >= 11 is 6.73. The van der Waals surface area contributed by atoms with Gasteiger partial charge in [-0.3, -0.25) is 9.80 Å². The molecule has 162 valence electrons. The molecule has 3 unspecified atom stereocenters. The molecular formula is C24H44N2S2. The standard InChI is InChI=1S/C24H44N2S2/c1-19(25-15-23(16-25)12-9-22(28-3)10-13-23)6-4-7-21-8-5-11-24(14-21)17-26(18-24)20(2)27/h19-22,27H,4-18H2,1-3H3. The Morgan fingerprint density at radius 3 is 2.29 bits per heavy atom. The predicted octanol–water partition coefficient (Wildman–Crippen LogP) is 5.92. The number of likely N-dealkylation sites (tertiary alicyclic amines) is 2. The van der Waals surface area contributed by atoms with E-state index >= 15 is 0 Å². The lowest BCUT2D eigenvalue weighted by molar-refractivity contribution is -0.0551. The fourth-order valence-electron chi connectivity index (χ4n) is 6.96. The monoisotopic (exact) mass is 424 g/mol. The molecule has 0 N–H and O–H groups in total. The molecule has 2 saturated heterocycles. The molecule has 2 spiro atoms. The Hall–Kier alpha value is 0.620. The molecule has 3 atom stereocenters. The summed E-state index contributed by atoms with van der Waals surface area (Å²) in [5.74, 6) is 1.00. The topological polar surface area (TPSA) is 6.48 Å². The second-order valence-electron chi connectivity index (χ2n) is 11.1. The molecule has 2 nitrogen and oxygen atoms in total. The second kappa shape index (κ2) is 9.01. The molecule has 0 bridgehead atoms. The average Bonchev–Trinajstić information content (AvgIpc) is 2.64. The lowest BCUT2D eigenvalue weighted by Gasteiger charge is -2.56. The van der Waals surface area contributed by atoms with Crippen LogP contribution in [0.1, 0.15) is 84.5 Å². The molecule has 0 radical (unpaired) electrons. The van der Waals surface area contributed by atoms with Gasteiger partial charge in [-0.1, -0.05) is 25.7 Å². The van der Waals surface area contributed by atoms with Crippen LogP contribution in [0, 0.1) is 16.7 Å². The van der Waals surface area contributed by atoms with E-state index in [4.69, 9.17) is 0 Å². The van der Waals surface area contributed by atoms with Crippen molar-refractivity contribution in [3.8, 4) is 0 Å². The van der Waals surface area contributed by atoms with Gasteiger partial charge in [-0.05, 0) is 81.8 Å². The Kier molecular flexibility index (Phi) is 7.02. The van der Waals surface area contributed by atoms with Gasteiger partial charge >= 0.3 is 0 Å². The second-order valence-corrected chi connectivity index (χ2v) is 13.0. The first-order valence-corrected chi connectivity index (χ1v) is 13.9. The Balaban J connectivity index is 1.13. The van der Waals surface area contributed by atoms with Gasteiger partial charge < -0.3 is 0 Å². The van der Waals surface area contributed by atoms with Crippen molar-refractivity contribution in [2.75, 3.05) is 32.4 Å². The maximum atomic E-state index is 4.63. The van der Waals surface area contributed by atoms with Crippen LogP contribution in [0.3, 0.4) is 0 Å². The van der Waals surface area contributed by atoms with Gasteiger partial charge in [0.05, 0.1) is 0 Å². The van der Waals surface area contributed by atoms with Gasteiger partial charge in [-0.15, -0.1) is 0 Å². The van der Waals surface area contributed by atoms with E-state index < -0.39 is 0 Å². The summed E-state index contributed by atoms with van der Waals surface area (Å²) in [6.07, 6.45) is 18.5. The summed E-state index contributed by atoms with van der Waals surface area (Å²) in [6.45, 7) is 10.2. The zero-order valence-corrected chi connectivity index (χ0v) is 20.4. The normalized spacial score (nSPS) is 32.8. The van der Waals surface area contributed by atoms with Crippen LogP contribution >= 0.6 is 24.4 Å². The summed E-state index contributed by atoms with van der Waals surface area (Å²) in [6, 6.07) is 0.811. The highest BCUT2D eigenvalue weighted by Crippen LogP contribution is 2.49. The Morgan fingerprint density at radius 2 is 1.64 bits per heavy atom. The van der Waals surface area contributed by atoms with Crippen molar-refractivity contribution in [1.82, 2.24) is 9.80 Å². The van der Waals surface area contributed by atoms with Crippen molar-refractivity contribution in [3.05, 3.63) is 0 Å². The fourth-order valence-corrected chi connectivity index (χ4v) is 7.83. The van der Waals surface area contributed by atoms with Crippen LogP contribution in [0.5, 0.6) is 0 Å². The van der Waals surface area contributed by atoms with Crippen molar-refractivity contribution in [2.45, 2.75) is 101 Å². The molecule has 0 aromatic heterocycles. The molecular weight excluding hydrogens is 380 g/mol. The van der Waals surface area contributed by atoms with Crippen molar-refractivity contribution < 1.29 is 0 Å². The molecule has 4 aliphatic rings. The Morgan fingerprint density at radius 1 is 0.964 bits per heavy atom. The lowest BCUT2D eigenvalue weighted by atomic mass is 9.64. The quantitative estimate of drug-likeness (QED) is 0.507. The van der Waals surface area contributed by atoms with Crippen molar-refractivity contribution in [1.29, 1.82) is 0 Å². The van der Waals surface area contributed by atoms with E-state index in [9.17, 15) is 0 Å². The van der Waals surface area contributed by atoms with E-state index in [0.717, 1.165) is 22.6 Å². The minimum Gasteiger partial charge on any atom is -0.299 e. The minimum absolute atomic E-state index is 0.447. The van der Waals surface area contributed by atoms with Crippen LogP contribution in [0.2, 0.25) is 0 Å². The van der Waals surface area contributed by atoms with E-state index in [1.807, 2.05) is 0 Å². The first-order chi connectivity index (χ1) is 13.4. The number of nitrogens with zero attached hydrogens (tertiary/aromatic N) is 2. The predicted molar refractivity (Wildman–Crippen MR) is 128 cm³/mol. The van der Waals surface area contributed by atoms with Gasteiger partial charge in [-0.2, -0.15) is 24.4 Å². The average molecular weight is 425 g/mol. The SMILES string of the molecule is CSC1CCC2(CC1)CN(C(C)CCCC1CCCC3(C1)CN(C(C)S)C3)C2. The minimum atomic E-state index is 0.447. The highest BCUT2D eigenvalue weighted by atomic mass is 32.2. The van der Waals surface area contributed by atoms with Gasteiger partial charge in [0.2, 0.25) is 0 Å². The molecule has 4 heteroatoms. The van der Waals surface area contributed by atoms with Crippen LogP contribution < -0.4 is 0 Å². The third-order valence-electron chi connectivity index (χ3n) is 8.91. The van der Waals surface area contributed by atoms with Gasteiger partial charge in [0, 0.05) is 42.8 Å². The molecule has 28 heavy (non-hydrogen) atoms. The lowest BCUT2D eigenvalue weighted by Crippen LogP contribution is -2.60. The van der Waals surface area contributed by atoms with Gasteiger partial charge in [0.15, 0.2) is 0 Å². The Bertz CT molecular complexity index is 501. The summed E-state index contributed by atoms with van der Waals surface area (Å²) < 4.78 is 0. The fraction of sp³-hybridized carbons (Fsp3) is 1.00. The molecule has 2 aliphatic heterocycles. The van der Waals surface area contributed by atoms with Crippen molar-refractivity contribution in [3.63, 3.8) is 0 Å². The van der Waals surface area contributed by atoms with Crippen LogP contribution in [0.4, 0.5) is 0 Å². The van der Waals surface area contributed by atoms with E-state index in [2.05, 4.69) is 54.3 Å². The maximum Gasteiger partial charge on any atom is 0.0499 e. The number of rotatable bonds is 7. The molecule has 2 aliphatic carbocycles. The van der Waals surface area contributed by atoms with Gasteiger partial charge in [-0.25, -0.2) is 0 Å². The molecule has 0 aromatic carbocycles. The van der Waals surface area contributed by atoms with Crippen LogP contribution in [0.25, 0.3) is 0 Å². The third kappa shape index (κ3) is 4.75. The summed E-state index contributed by atoms with van der Waals surface area (Å²) in [5, 5.41) is 1.40. The molecule has 0 amide bonds. The highest BCUT2D eigenvalue weighted by Gasteiger charge is 2.47. The van der Waals surface area contributed by atoms with E-state index in [1.54, 1.807) is 0 Å². The van der Waals surface area contributed by atoms with Crippen LogP contribution in [-0.2, 0) is 0 Å². The summed E-state index contributed by atoms with van der Waals surface area (Å²) in [4.78, 5) is 5.36. The molecule has 4 fully saturated rings. The Labute approximate surface area is 184 Å². The first-order valence-electron chi connectivity index (χ1n) is 12.1. The van der Waals surface area contributed by atoms with Gasteiger partial charge in [0.1, 0.15) is 0 Å². The largest absolute Gasteiger partial charge is 0.299 e. The maximum absolute atomic E-state index is 4.63. The van der Waals surface area contributed by atoms with Gasteiger partial charge in [0.25, 0.3) is 0 Å². The molecule has 4 rings (SSSR count). The third-order valence-corrected chi connectivity index (χ3v) is 10.4. The first kappa shape index (κ1) is 21.8. The zero-order chi connectivity index (χ0) is 19.8. The summed E-state index contributed by atoms with van der Waals surface area (Å²) in [7, 11) is 0. The van der Waals surface area contributed by atoms with Crippen LogP contribution in [0.15, 0.2) is 0 Å². The highest BCUT2D eigenvalue weighted by molar-refractivity contribution is 7.99. The van der Waals surface area contributed by atoms with E-state index in [-0.39, 0.29) is 0 Å². The number of hydrogen-bond donors (Lipinski definition) is 1. The molecule has 0 aromatic rings. The number of thiol groups is 1. The van der Waals surface area contributed by atoms with E-state index in [0.29, 0.717) is 10.8 Å². The van der Waals surface area contributed by atoms with Crippen molar-refractivity contribution >= 4 is 24.4 Å². The van der Waals surface area contributed by atoms with Crippen molar-refractivity contribution in [2.24, 2.45) is 16.7 Å².